The van der Waals surface area contributed by atoms with E-state index < -0.39 is 0 Å². The highest BCUT2D eigenvalue weighted by atomic mass is 32.1. The summed E-state index contributed by atoms with van der Waals surface area (Å²) in [6, 6.07) is 0.321. The molecule has 2 rings (SSSR count). The first kappa shape index (κ1) is 11.5. The lowest BCUT2D eigenvalue weighted by atomic mass is 10.1. The summed E-state index contributed by atoms with van der Waals surface area (Å²) in [6.45, 7) is 3.24. The highest BCUT2D eigenvalue weighted by molar-refractivity contribution is 7.09. The normalized spacial score (nSPS) is 20.7. The van der Waals surface area contributed by atoms with Crippen molar-refractivity contribution < 1.29 is 9.53 Å². The molecule has 1 atom stereocenters. The molecule has 1 saturated heterocycles. The molecule has 0 unspecified atom stereocenters. The van der Waals surface area contributed by atoms with E-state index in [4.69, 9.17) is 4.74 Å². The SMILES string of the molecule is CCOC(=O)c1csc([C@@H]2CCCCN2)n1. The van der Waals surface area contributed by atoms with Crippen LogP contribution < -0.4 is 5.32 Å². The van der Waals surface area contributed by atoms with Crippen molar-refractivity contribution >= 4 is 17.3 Å². The molecule has 0 spiro atoms. The fourth-order valence-electron chi connectivity index (χ4n) is 1.81. The lowest BCUT2D eigenvalue weighted by Crippen LogP contribution is -2.26. The van der Waals surface area contributed by atoms with Crippen LogP contribution in [0.2, 0.25) is 0 Å². The molecule has 2 heterocycles. The first-order valence-corrected chi connectivity index (χ1v) is 6.55. The Morgan fingerprint density at radius 1 is 1.69 bits per heavy atom. The summed E-state index contributed by atoms with van der Waals surface area (Å²) in [6.07, 6.45) is 3.56. The van der Waals surface area contributed by atoms with Crippen LogP contribution in [0.4, 0.5) is 0 Å². The van der Waals surface area contributed by atoms with Crippen LogP contribution >= 0.6 is 11.3 Å². The number of rotatable bonds is 3. The second-order valence-electron chi connectivity index (χ2n) is 3.79. The standard InChI is InChI=1S/C11H16N2O2S/c1-2-15-11(14)9-7-16-10(13-9)8-5-3-4-6-12-8/h7-8,12H,2-6H2,1H3/t8-/m0/s1. The van der Waals surface area contributed by atoms with Crippen molar-refractivity contribution in [2.24, 2.45) is 0 Å². The van der Waals surface area contributed by atoms with Crippen molar-refractivity contribution in [2.75, 3.05) is 13.2 Å². The van der Waals surface area contributed by atoms with Crippen LogP contribution in [0.1, 0.15) is 47.7 Å². The van der Waals surface area contributed by atoms with E-state index in [-0.39, 0.29) is 5.97 Å². The number of esters is 1. The molecule has 1 aliphatic heterocycles. The van der Waals surface area contributed by atoms with Gasteiger partial charge in [-0.25, -0.2) is 9.78 Å². The highest BCUT2D eigenvalue weighted by Gasteiger charge is 2.20. The number of nitrogens with zero attached hydrogens (tertiary/aromatic N) is 1. The number of nitrogens with one attached hydrogen (secondary N) is 1. The maximum atomic E-state index is 11.4. The van der Waals surface area contributed by atoms with E-state index in [0.29, 0.717) is 18.3 Å². The zero-order valence-electron chi connectivity index (χ0n) is 9.36. The van der Waals surface area contributed by atoms with Gasteiger partial charge in [-0.05, 0) is 26.3 Å². The second-order valence-corrected chi connectivity index (χ2v) is 4.68. The summed E-state index contributed by atoms with van der Waals surface area (Å²) in [5, 5.41) is 6.20. The molecular formula is C11H16N2O2S. The Hall–Kier alpha value is -0.940. The number of carbonyl (C=O) groups excluding carboxylic acids is 1. The van der Waals surface area contributed by atoms with Crippen molar-refractivity contribution in [3.05, 3.63) is 16.1 Å². The number of aromatic nitrogens is 1. The highest BCUT2D eigenvalue weighted by Crippen LogP contribution is 2.25. The third-order valence-corrected chi connectivity index (χ3v) is 3.57. The van der Waals surface area contributed by atoms with Crippen molar-refractivity contribution in [2.45, 2.75) is 32.2 Å². The molecule has 1 fully saturated rings. The number of piperidine rings is 1. The molecule has 0 amide bonds. The molecule has 1 aromatic heterocycles. The minimum absolute atomic E-state index is 0.319. The smallest absolute Gasteiger partial charge is 0.357 e. The van der Waals surface area contributed by atoms with Crippen LogP contribution in [0.15, 0.2) is 5.38 Å². The third kappa shape index (κ3) is 2.59. The number of carbonyl (C=O) groups is 1. The van der Waals surface area contributed by atoms with Crippen LogP contribution in [0.3, 0.4) is 0 Å². The molecule has 0 aliphatic carbocycles. The third-order valence-electron chi connectivity index (χ3n) is 2.61. The van der Waals surface area contributed by atoms with E-state index >= 15 is 0 Å². The Morgan fingerprint density at radius 2 is 2.56 bits per heavy atom. The molecule has 5 heteroatoms. The Kier molecular flexibility index (Phi) is 3.90. The van der Waals surface area contributed by atoms with E-state index in [1.807, 2.05) is 0 Å². The zero-order valence-corrected chi connectivity index (χ0v) is 10.2. The van der Waals surface area contributed by atoms with Gasteiger partial charge in [0.2, 0.25) is 0 Å². The van der Waals surface area contributed by atoms with E-state index in [1.54, 1.807) is 12.3 Å². The molecule has 1 aromatic rings. The summed E-state index contributed by atoms with van der Waals surface area (Å²) in [5.74, 6) is -0.319. The maximum absolute atomic E-state index is 11.4. The number of thiazole rings is 1. The molecule has 0 saturated carbocycles. The maximum Gasteiger partial charge on any atom is 0.357 e. The fraction of sp³-hybridized carbons (Fsp3) is 0.636. The summed E-state index contributed by atoms with van der Waals surface area (Å²) >= 11 is 1.54. The zero-order chi connectivity index (χ0) is 11.4. The molecule has 88 valence electrons. The van der Waals surface area contributed by atoms with Gasteiger partial charge >= 0.3 is 5.97 Å². The minimum Gasteiger partial charge on any atom is -0.461 e. The van der Waals surface area contributed by atoms with Crippen molar-refractivity contribution in [1.82, 2.24) is 10.3 Å². The topological polar surface area (TPSA) is 51.2 Å². The van der Waals surface area contributed by atoms with Crippen molar-refractivity contribution in [3.63, 3.8) is 0 Å². The van der Waals surface area contributed by atoms with E-state index in [9.17, 15) is 4.79 Å². The van der Waals surface area contributed by atoms with E-state index in [1.165, 1.54) is 24.2 Å². The molecule has 16 heavy (non-hydrogen) atoms. The van der Waals surface area contributed by atoms with Gasteiger partial charge in [0.25, 0.3) is 0 Å². The van der Waals surface area contributed by atoms with Crippen LogP contribution in [0.25, 0.3) is 0 Å². The molecule has 1 N–H and O–H groups in total. The van der Waals surface area contributed by atoms with Gasteiger partial charge in [-0.15, -0.1) is 11.3 Å². The predicted molar refractivity (Wildman–Crippen MR) is 62.7 cm³/mol. The van der Waals surface area contributed by atoms with E-state index in [2.05, 4.69) is 10.3 Å². The average Bonchev–Trinajstić information content (AvgIpc) is 2.80. The average molecular weight is 240 g/mol. The Labute approximate surface area is 99.0 Å². The first-order chi connectivity index (χ1) is 7.81. The molecule has 0 aromatic carbocycles. The van der Waals surface area contributed by atoms with Crippen molar-refractivity contribution in [1.29, 1.82) is 0 Å². The Bertz CT molecular complexity index is 359. The monoisotopic (exact) mass is 240 g/mol. The Balaban J connectivity index is 2.03. The van der Waals surface area contributed by atoms with Gasteiger partial charge in [0.05, 0.1) is 12.6 Å². The van der Waals surface area contributed by atoms with Crippen LogP contribution in [-0.2, 0) is 4.74 Å². The first-order valence-electron chi connectivity index (χ1n) is 5.67. The summed E-state index contributed by atoms with van der Waals surface area (Å²) < 4.78 is 4.91. The number of hydrogen-bond acceptors (Lipinski definition) is 5. The number of ether oxygens (including phenoxy) is 1. The molecule has 0 radical (unpaired) electrons. The minimum atomic E-state index is -0.319. The summed E-state index contributed by atoms with van der Waals surface area (Å²) in [7, 11) is 0. The molecule has 0 bridgehead atoms. The Morgan fingerprint density at radius 3 is 3.25 bits per heavy atom. The summed E-state index contributed by atoms with van der Waals surface area (Å²) in [4.78, 5) is 15.8. The van der Waals surface area contributed by atoms with Gasteiger partial charge in [-0.2, -0.15) is 0 Å². The largest absolute Gasteiger partial charge is 0.461 e. The summed E-state index contributed by atoms with van der Waals surface area (Å²) in [5.41, 5.74) is 0.439. The van der Waals surface area contributed by atoms with E-state index in [0.717, 1.165) is 18.0 Å². The fourth-order valence-corrected chi connectivity index (χ4v) is 2.71. The molecular weight excluding hydrogens is 224 g/mol. The predicted octanol–water partition coefficient (Wildman–Crippen LogP) is 2.13. The van der Waals surface area contributed by atoms with Gasteiger partial charge in [-0.1, -0.05) is 6.42 Å². The van der Waals surface area contributed by atoms with Gasteiger partial charge < -0.3 is 10.1 Å². The lowest BCUT2D eigenvalue weighted by molar-refractivity contribution is 0.0520. The van der Waals surface area contributed by atoms with Crippen molar-refractivity contribution in [3.8, 4) is 0 Å². The molecule has 1 aliphatic rings. The molecule has 4 nitrogen and oxygen atoms in total. The van der Waals surface area contributed by atoms with Crippen LogP contribution in [-0.4, -0.2) is 24.1 Å². The quantitative estimate of drug-likeness (QED) is 0.822. The van der Waals surface area contributed by atoms with Crippen LogP contribution in [0.5, 0.6) is 0 Å². The van der Waals surface area contributed by atoms with Gasteiger partial charge in [-0.3, -0.25) is 0 Å². The van der Waals surface area contributed by atoms with Gasteiger partial charge in [0.15, 0.2) is 5.69 Å². The second kappa shape index (κ2) is 5.41. The van der Waals surface area contributed by atoms with Gasteiger partial charge in [0, 0.05) is 5.38 Å². The number of hydrogen-bond donors (Lipinski definition) is 1. The van der Waals surface area contributed by atoms with Gasteiger partial charge in [0.1, 0.15) is 5.01 Å². The lowest BCUT2D eigenvalue weighted by Gasteiger charge is -2.21. The van der Waals surface area contributed by atoms with Crippen LogP contribution in [0, 0.1) is 0 Å².